The van der Waals surface area contributed by atoms with Gasteiger partial charge in [-0.2, -0.15) is 0 Å². The van der Waals surface area contributed by atoms with Gasteiger partial charge in [0.05, 0.1) is 0 Å². The first-order valence-electron chi connectivity index (χ1n) is 9.46. The molecule has 0 N–H and O–H groups in total. The van der Waals surface area contributed by atoms with Crippen LogP contribution in [-0.4, -0.2) is 0 Å². The van der Waals surface area contributed by atoms with Crippen molar-refractivity contribution in [1.82, 2.24) is 0 Å². The molecule has 2 unspecified atom stereocenters. The Labute approximate surface area is 154 Å². The fourth-order valence-electron chi connectivity index (χ4n) is 3.56. The first kappa shape index (κ1) is 21.4. The fourth-order valence-corrected chi connectivity index (χ4v) is 3.56. The van der Waals surface area contributed by atoms with Crippen LogP contribution in [0.5, 0.6) is 0 Å². The van der Waals surface area contributed by atoms with Crippen molar-refractivity contribution in [2.45, 2.75) is 67.7 Å². The highest BCUT2D eigenvalue weighted by atomic mass is 19.1. The molecule has 0 nitrogen and oxygen atoms in total. The van der Waals surface area contributed by atoms with E-state index in [1.54, 1.807) is 0 Å². The van der Waals surface area contributed by atoms with E-state index < -0.39 is 0 Å². The van der Waals surface area contributed by atoms with Crippen molar-refractivity contribution in [3.63, 3.8) is 0 Å². The quantitative estimate of drug-likeness (QED) is 0.324. The molecule has 25 heavy (non-hydrogen) atoms. The second-order valence-corrected chi connectivity index (χ2v) is 7.47. The lowest BCUT2D eigenvalue weighted by Gasteiger charge is -2.40. The molecule has 0 saturated carbocycles. The normalized spacial score (nSPS) is 22.2. The molecule has 0 aliphatic heterocycles. The van der Waals surface area contributed by atoms with E-state index in [2.05, 4.69) is 46.4 Å². The molecule has 0 amide bonds. The molecule has 1 rings (SSSR count). The molecular weight excluding hydrogens is 307 g/mol. The van der Waals surface area contributed by atoms with Crippen molar-refractivity contribution >= 4 is 0 Å². The summed E-state index contributed by atoms with van der Waals surface area (Å²) in [6.07, 6.45) is 13.4. The maximum absolute atomic E-state index is 15.3. The maximum atomic E-state index is 15.3. The van der Waals surface area contributed by atoms with Crippen LogP contribution in [0.4, 0.5) is 4.39 Å². The number of allylic oxidation sites excluding steroid dienone is 11. The first-order valence-corrected chi connectivity index (χ1v) is 9.46. The van der Waals surface area contributed by atoms with Crippen molar-refractivity contribution < 1.29 is 4.39 Å². The van der Waals surface area contributed by atoms with Crippen molar-refractivity contribution in [2.75, 3.05) is 0 Å². The maximum Gasteiger partial charge on any atom is 0.130 e. The van der Waals surface area contributed by atoms with E-state index in [1.165, 1.54) is 0 Å². The van der Waals surface area contributed by atoms with Crippen LogP contribution in [0.3, 0.4) is 0 Å². The van der Waals surface area contributed by atoms with Gasteiger partial charge < -0.3 is 0 Å². The van der Waals surface area contributed by atoms with E-state index in [1.807, 2.05) is 39.0 Å². The van der Waals surface area contributed by atoms with Gasteiger partial charge in [-0.25, -0.2) is 4.39 Å². The van der Waals surface area contributed by atoms with Crippen LogP contribution in [0.25, 0.3) is 0 Å². The molecule has 1 aliphatic carbocycles. The van der Waals surface area contributed by atoms with Crippen LogP contribution >= 0.6 is 0 Å². The summed E-state index contributed by atoms with van der Waals surface area (Å²) in [4.78, 5) is 0. The third-order valence-corrected chi connectivity index (χ3v) is 5.53. The molecule has 0 bridgehead atoms. The van der Waals surface area contributed by atoms with E-state index in [0.29, 0.717) is 0 Å². The number of hydrogen-bond donors (Lipinski definition) is 0. The summed E-state index contributed by atoms with van der Waals surface area (Å²) in [6, 6.07) is 0. The van der Waals surface area contributed by atoms with E-state index in [4.69, 9.17) is 0 Å². The number of halogens is 1. The van der Waals surface area contributed by atoms with Gasteiger partial charge >= 0.3 is 0 Å². The van der Waals surface area contributed by atoms with Crippen LogP contribution in [0.2, 0.25) is 0 Å². The van der Waals surface area contributed by atoms with Gasteiger partial charge in [-0.1, -0.05) is 68.9 Å². The van der Waals surface area contributed by atoms with Crippen molar-refractivity contribution in [1.29, 1.82) is 0 Å². The Bertz CT molecular complexity index is 652. The lowest BCUT2D eigenvalue weighted by molar-refractivity contribution is 0.273. The summed E-state index contributed by atoms with van der Waals surface area (Å²) >= 11 is 0. The zero-order chi connectivity index (χ0) is 19.2. The van der Waals surface area contributed by atoms with E-state index in [-0.39, 0.29) is 17.2 Å². The molecular formula is C24H35F. The summed E-state index contributed by atoms with van der Waals surface area (Å²) < 4.78 is 15.3. The Morgan fingerprint density at radius 2 is 1.96 bits per heavy atom. The Morgan fingerprint density at radius 1 is 1.32 bits per heavy atom. The van der Waals surface area contributed by atoms with Gasteiger partial charge in [-0.3, -0.25) is 0 Å². The summed E-state index contributed by atoms with van der Waals surface area (Å²) in [5.74, 6) is 0.0407. The van der Waals surface area contributed by atoms with E-state index in [9.17, 15) is 0 Å². The fraction of sp³-hybridized carbons (Fsp3) is 0.500. The lowest BCUT2D eigenvalue weighted by Crippen LogP contribution is -2.30. The lowest BCUT2D eigenvalue weighted by atomic mass is 9.64. The molecule has 2 atom stereocenters. The molecule has 138 valence electrons. The topological polar surface area (TPSA) is 0 Å². The highest BCUT2D eigenvalue weighted by Crippen LogP contribution is 2.49. The monoisotopic (exact) mass is 342 g/mol. The molecule has 0 fully saturated rings. The second kappa shape index (κ2) is 9.17. The van der Waals surface area contributed by atoms with Gasteiger partial charge in [-0.15, -0.1) is 0 Å². The summed E-state index contributed by atoms with van der Waals surface area (Å²) in [5, 5.41) is 0. The molecule has 0 aromatic rings. The van der Waals surface area contributed by atoms with Gasteiger partial charge in [0.1, 0.15) is 5.83 Å². The minimum absolute atomic E-state index is 0.0735. The third-order valence-electron chi connectivity index (χ3n) is 5.53. The minimum Gasteiger partial charge on any atom is -0.206 e. The first-order chi connectivity index (χ1) is 11.7. The molecule has 1 heteroatoms. The molecule has 0 spiro atoms. The van der Waals surface area contributed by atoms with Crippen molar-refractivity contribution in [3.8, 4) is 0 Å². The molecule has 0 aromatic heterocycles. The second-order valence-electron chi connectivity index (χ2n) is 7.47. The molecule has 0 aromatic carbocycles. The summed E-state index contributed by atoms with van der Waals surface area (Å²) in [7, 11) is 0. The smallest absolute Gasteiger partial charge is 0.130 e. The van der Waals surface area contributed by atoms with Gasteiger partial charge in [0.15, 0.2) is 0 Å². The number of rotatable bonds is 7. The predicted molar refractivity (Wildman–Crippen MR) is 110 cm³/mol. The zero-order valence-corrected chi connectivity index (χ0v) is 17.2. The summed E-state index contributed by atoms with van der Waals surface area (Å²) in [6.45, 7) is 18.8. The largest absolute Gasteiger partial charge is 0.206 e. The van der Waals surface area contributed by atoms with Crippen molar-refractivity contribution in [2.24, 2.45) is 11.3 Å². The Morgan fingerprint density at radius 3 is 2.48 bits per heavy atom. The zero-order valence-electron chi connectivity index (χ0n) is 17.2. The third kappa shape index (κ3) is 4.93. The van der Waals surface area contributed by atoms with Gasteiger partial charge in [0.25, 0.3) is 0 Å². The SMILES string of the molecule is C=C(/C=C(C)\C=C/C)C1=C(F)C(C)=C(C)CC1C(C)(C=CCC)CC. The van der Waals surface area contributed by atoms with Crippen molar-refractivity contribution in [3.05, 3.63) is 70.7 Å². The summed E-state index contributed by atoms with van der Waals surface area (Å²) in [5.41, 5.74) is 4.54. The van der Waals surface area contributed by atoms with Crippen LogP contribution in [-0.2, 0) is 0 Å². The van der Waals surface area contributed by atoms with Gasteiger partial charge in [0, 0.05) is 0 Å². The highest BCUT2D eigenvalue weighted by Gasteiger charge is 2.38. The predicted octanol–water partition coefficient (Wildman–Crippen LogP) is 8.03. The van der Waals surface area contributed by atoms with E-state index >= 15 is 4.39 Å². The highest BCUT2D eigenvalue weighted by molar-refractivity contribution is 5.52. The Balaban J connectivity index is 3.49. The molecule has 0 radical (unpaired) electrons. The van der Waals surface area contributed by atoms with Gasteiger partial charge in [0.2, 0.25) is 0 Å². The molecule has 1 aliphatic rings. The standard InChI is InChI=1S/C24H35F/c1-9-12-14-24(8,11-3)21-16-18(5)20(7)23(25)22(21)19(6)15-17(4)13-10-2/h10,12-15,21H,6,9,11,16H2,1-5,7-8H3/b13-10-,14-12?,17-15-. The minimum atomic E-state index is -0.0761. The number of hydrogen-bond acceptors (Lipinski definition) is 0. The molecule has 0 saturated heterocycles. The van der Waals surface area contributed by atoms with Crippen LogP contribution < -0.4 is 0 Å². The average molecular weight is 343 g/mol. The van der Waals surface area contributed by atoms with E-state index in [0.717, 1.165) is 47.1 Å². The van der Waals surface area contributed by atoms with Gasteiger partial charge in [-0.05, 0) is 75.0 Å². The Hall–Kier alpha value is -1.63. The van der Waals surface area contributed by atoms with Crippen LogP contribution in [0, 0.1) is 11.3 Å². The Kier molecular flexibility index (Phi) is 7.86. The van der Waals surface area contributed by atoms with Crippen LogP contribution in [0.1, 0.15) is 67.7 Å². The molecule has 0 heterocycles. The average Bonchev–Trinajstić information content (AvgIpc) is 2.57. The van der Waals surface area contributed by atoms with Crippen LogP contribution in [0.15, 0.2) is 70.7 Å².